The third kappa shape index (κ3) is 6.97. The molecule has 0 saturated carbocycles. The minimum absolute atomic E-state index is 0.0121. The second-order valence-electron chi connectivity index (χ2n) is 11.2. The lowest BCUT2D eigenvalue weighted by atomic mass is 9.80. The molecule has 5 nitrogen and oxygen atoms in total. The van der Waals surface area contributed by atoms with Gasteiger partial charge in [-0.15, -0.1) is 0 Å². The molecule has 36 heavy (non-hydrogen) atoms. The Morgan fingerprint density at radius 1 is 0.833 bits per heavy atom. The Hall–Kier alpha value is -3.60. The first kappa shape index (κ1) is 27.0. The molecule has 0 aliphatic heterocycles. The Balaban J connectivity index is 1.71. The summed E-state index contributed by atoms with van der Waals surface area (Å²) in [5.41, 5.74) is 3.99. The number of benzene rings is 3. The van der Waals surface area contributed by atoms with Crippen LogP contribution in [0.1, 0.15) is 81.6 Å². The van der Waals surface area contributed by atoms with Crippen molar-refractivity contribution in [1.82, 2.24) is 5.32 Å². The highest BCUT2D eigenvalue weighted by atomic mass is 16.5. The van der Waals surface area contributed by atoms with Gasteiger partial charge in [0, 0.05) is 0 Å². The van der Waals surface area contributed by atoms with Gasteiger partial charge in [0.25, 0.3) is 11.8 Å². The lowest BCUT2D eigenvalue weighted by molar-refractivity contribution is -0.118. The molecule has 0 aliphatic rings. The molecule has 3 aromatic carbocycles. The third-order valence-corrected chi connectivity index (χ3v) is 6.11. The van der Waals surface area contributed by atoms with E-state index in [1.54, 1.807) is 24.3 Å². The predicted molar refractivity (Wildman–Crippen MR) is 147 cm³/mol. The maximum absolute atomic E-state index is 13.0. The first-order valence-corrected chi connectivity index (χ1v) is 12.4. The summed E-state index contributed by atoms with van der Waals surface area (Å²) in [5, 5.41) is 5.85. The number of hydrogen-bond acceptors (Lipinski definition) is 3. The van der Waals surface area contributed by atoms with Gasteiger partial charge in [-0.25, -0.2) is 0 Å². The van der Waals surface area contributed by atoms with Crippen molar-refractivity contribution in [3.63, 3.8) is 0 Å². The van der Waals surface area contributed by atoms with E-state index < -0.39 is 0 Å². The molecular weight excluding hydrogens is 448 g/mol. The van der Waals surface area contributed by atoms with E-state index in [9.17, 15) is 9.59 Å². The Bertz CT molecular complexity index is 1200. The van der Waals surface area contributed by atoms with Crippen molar-refractivity contribution in [2.75, 3.05) is 11.9 Å². The maximum Gasteiger partial charge on any atom is 0.262 e. The number of para-hydroxylation sites is 1. The van der Waals surface area contributed by atoms with E-state index in [2.05, 4.69) is 64.3 Å². The predicted octanol–water partition coefficient (Wildman–Crippen LogP) is 6.79. The average molecular weight is 487 g/mol. The number of carbonyl (C=O) groups is 2. The molecule has 0 aliphatic carbocycles. The number of anilines is 1. The summed E-state index contributed by atoms with van der Waals surface area (Å²) in [7, 11) is 0. The van der Waals surface area contributed by atoms with Crippen LogP contribution in [-0.2, 0) is 15.6 Å². The van der Waals surface area contributed by atoms with Gasteiger partial charge in [-0.2, -0.15) is 0 Å². The molecule has 0 radical (unpaired) electrons. The smallest absolute Gasteiger partial charge is 0.262 e. The van der Waals surface area contributed by atoms with E-state index in [0.717, 1.165) is 11.1 Å². The lowest BCUT2D eigenvalue weighted by Gasteiger charge is -2.27. The van der Waals surface area contributed by atoms with Crippen LogP contribution in [0.5, 0.6) is 5.75 Å². The molecule has 5 heteroatoms. The fourth-order valence-corrected chi connectivity index (χ4v) is 3.93. The van der Waals surface area contributed by atoms with Gasteiger partial charge in [0.1, 0.15) is 5.75 Å². The van der Waals surface area contributed by atoms with Crippen LogP contribution in [0.4, 0.5) is 5.69 Å². The summed E-state index contributed by atoms with van der Waals surface area (Å²) >= 11 is 0. The van der Waals surface area contributed by atoms with Crippen LogP contribution in [-0.4, -0.2) is 18.4 Å². The highest BCUT2D eigenvalue weighted by Crippen LogP contribution is 2.35. The fraction of sp³-hybridized carbons (Fsp3) is 0.355. The SMILES string of the molecule is CC(NC(=O)c1ccccc1NC(=O)COc1ccc(C(C)(C)C)cc1C(C)(C)C)c1ccccc1. The zero-order chi connectivity index (χ0) is 26.5. The standard InChI is InChI=1S/C31H38N2O3/c1-21(22-13-9-8-10-14-22)32-29(35)24-15-11-12-16-26(24)33-28(34)20-36-27-18-17-23(30(2,3)4)19-25(27)31(5,6)7/h8-19,21H,20H2,1-7H3,(H,32,35)(H,33,34). The number of carbonyl (C=O) groups excluding carboxylic acids is 2. The van der Waals surface area contributed by atoms with Crippen molar-refractivity contribution in [3.05, 3.63) is 95.1 Å². The van der Waals surface area contributed by atoms with Gasteiger partial charge < -0.3 is 15.4 Å². The van der Waals surface area contributed by atoms with Crippen molar-refractivity contribution in [3.8, 4) is 5.75 Å². The van der Waals surface area contributed by atoms with Crippen LogP contribution in [0.3, 0.4) is 0 Å². The van der Waals surface area contributed by atoms with Crippen molar-refractivity contribution in [2.24, 2.45) is 0 Å². The number of ether oxygens (including phenoxy) is 1. The van der Waals surface area contributed by atoms with Crippen molar-refractivity contribution >= 4 is 17.5 Å². The van der Waals surface area contributed by atoms with Crippen LogP contribution in [0.15, 0.2) is 72.8 Å². The topological polar surface area (TPSA) is 67.4 Å². The zero-order valence-corrected chi connectivity index (χ0v) is 22.4. The van der Waals surface area contributed by atoms with Gasteiger partial charge >= 0.3 is 0 Å². The molecule has 0 bridgehead atoms. The summed E-state index contributed by atoms with van der Waals surface area (Å²) < 4.78 is 5.98. The number of hydrogen-bond donors (Lipinski definition) is 2. The van der Waals surface area contributed by atoms with Gasteiger partial charge in [-0.1, -0.05) is 96.1 Å². The summed E-state index contributed by atoms with van der Waals surface area (Å²) in [6.45, 7) is 14.7. The van der Waals surface area contributed by atoms with Crippen LogP contribution in [0, 0.1) is 0 Å². The number of amides is 2. The van der Waals surface area contributed by atoms with Gasteiger partial charge in [0.2, 0.25) is 0 Å². The normalized spacial score (nSPS) is 12.5. The zero-order valence-electron chi connectivity index (χ0n) is 22.4. The Kier molecular flexibility index (Phi) is 8.24. The second kappa shape index (κ2) is 11.0. The van der Waals surface area contributed by atoms with Gasteiger partial charge in [-0.05, 0) is 52.6 Å². The van der Waals surface area contributed by atoms with E-state index >= 15 is 0 Å². The largest absolute Gasteiger partial charge is 0.483 e. The summed E-state index contributed by atoms with van der Waals surface area (Å²) in [6, 6.07) is 22.7. The molecule has 2 N–H and O–H groups in total. The quantitative estimate of drug-likeness (QED) is 0.386. The first-order valence-electron chi connectivity index (χ1n) is 12.4. The monoisotopic (exact) mass is 486 g/mol. The van der Waals surface area contributed by atoms with Crippen LogP contribution in [0.2, 0.25) is 0 Å². The molecule has 3 aromatic rings. The summed E-state index contributed by atoms with van der Waals surface area (Å²) in [5.74, 6) is 0.107. The minimum Gasteiger partial charge on any atom is -0.483 e. The Morgan fingerprint density at radius 3 is 2.11 bits per heavy atom. The Labute approximate surface area is 215 Å². The van der Waals surface area contributed by atoms with Crippen molar-refractivity contribution in [1.29, 1.82) is 0 Å². The second-order valence-corrected chi connectivity index (χ2v) is 11.2. The highest BCUT2D eigenvalue weighted by molar-refractivity contribution is 6.04. The van der Waals surface area contributed by atoms with Crippen LogP contribution < -0.4 is 15.4 Å². The molecule has 2 amide bonds. The average Bonchev–Trinajstić information content (AvgIpc) is 2.82. The summed E-state index contributed by atoms with van der Waals surface area (Å²) in [6.07, 6.45) is 0. The van der Waals surface area contributed by atoms with E-state index in [1.165, 1.54) is 5.56 Å². The van der Waals surface area contributed by atoms with Gasteiger partial charge in [0.15, 0.2) is 6.61 Å². The molecule has 3 rings (SSSR count). The van der Waals surface area contributed by atoms with E-state index in [-0.39, 0.29) is 35.3 Å². The molecule has 1 atom stereocenters. The van der Waals surface area contributed by atoms with Crippen molar-refractivity contribution < 1.29 is 14.3 Å². The highest BCUT2D eigenvalue weighted by Gasteiger charge is 2.24. The minimum atomic E-state index is -0.328. The maximum atomic E-state index is 13.0. The van der Waals surface area contributed by atoms with Crippen LogP contribution in [0.25, 0.3) is 0 Å². The van der Waals surface area contributed by atoms with Gasteiger partial charge in [-0.3, -0.25) is 9.59 Å². The first-order chi connectivity index (χ1) is 16.9. The van der Waals surface area contributed by atoms with E-state index in [0.29, 0.717) is 17.0 Å². The molecule has 0 saturated heterocycles. The molecule has 0 fully saturated rings. The lowest BCUT2D eigenvalue weighted by Crippen LogP contribution is -2.28. The van der Waals surface area contributed by atoms with E-state index in [1.807, 2.05) is 43.3 Å². The molecule has 1 unspecified atom stereocenters. The number of nitrogens with one attached hydrogen (secondary N) is 2. The Morgan fingerprint density at radius 2 is 1.47 bits per heavy atom. The summed E-state index contributed by atoms with van der Waals surface area (Å²) in [4.78, 5) is 25.8. The van der Waals surface area contributed by atoms with Gasteiger partial charge in [0.05, 0.1) is 17.3 Å². The van der Waals surface area contributed by atoms with Crippen LogP contribution >= 0.6 is 0 Å². The molecule has 0 aromatic heterocycles. The molecular formula is C31H38N2O3. The number of rotatable bonds is 7. The van der Waals surface area contributed by atoms with E-state index in [4.69, 9.17) is 4.74 Å². The fourth-order valence-electron chi connectivity index (χ4n) is 3.93. The molecule has 190 valence electrons. The molecule has 0 spiro atoms. The third-order valence-electron chi connectivity index (χ3n) is 6.11. The molecule has 0 heterocycles. The van der Waals surface area contributed by atoms with Crippen molar-refractivity contribution in [2.45, 2.75) is 65.3 Å².